The maximum Gasteiger partial charge on any atom is 0.324 e. The molecule has 0 radical (unpaired) electrons. The van der Waals surface area contributed by atoms with Crippen LogP contribution in [0.3, 0.4) is 0 Å². The van der Waals surface area contributed by atoms with Crippen LogP contribution in [0.4, 0.5) is 0 Å². The Morgan fingerprint density at radius 1 is 1.07 bits per heavy atom. The molecule has 0 atom stereocenters. The minimum absolute atomic E-state index is 0. The summed E-state index contributed by atoms with van der Waals surface area (Å²) in [7, 11) is 0. The van der Waals surface area contributed by atoms with Crippen LogP contribution in [0.5, 0.6) is 0 Å². The molecule has 0 aliphatic carbocycles. The van der Waals surface area contributed by atoms with E-state index in [1.165, 1.54) is 0 Å². The molecule has 0 heterocycles. The SMILES string of the molecule is CCCCOP(O)(=S)OCCCC.[Sm]. The van der Waals surface area contributed by atoms with E-state index in [4.69, 9.17) is 20.9 Å². The molecule has 0 spiro atoms. The van der Waals surface area contributed by atoms with Crippen molar-refractivity contribution in [3.63, 3.8) is 0 Å². The summed E-state index contributed by atoms with van der Waals surface area (Å²) in [6, 6.07) is 0. The van der Waals surface area contributed by atoms with Crippen molar-refractivity contribution < 1.29 is 54.3 Å². The van der Waals surface area contributed by atoms with Crippen molar-refractivity contribution in [3.8, 4) is 0 Å². The van der Waals surface area contributed by atoms with E-state index in [-0.39, 0.29) is 40.4 Å². The van der Waals surface area contributed by atoms with Crippen molar-refractivity contribution in [2.75, 3.05) is 13.2 Å². The summed E-state index contributed by atoms with van der Waals surface area (Å²) < 4.78 is 10.2. The fourth-order valence-corrected chi connectivity index (χ4v) is 1.93. The molecule has 0 aliphatic rings. The van der Waals surface area contributed by atoms with E-state index in [1.807, 2.05) is 0 Å². The molecule has 0 fully saturated rings. The van der Waals surface area contributed by atoms with Crippen molar-refractivity contribution in [2.24, 2.45) is 0 Å². The Kier molecular flexibility index (Phi) is 14.8. The molecule has 14 heavy (non-hydrogen) atoms. The predicted molar refractivity (Wildman–Crippen MR) is 58.2 cm³/mol. The van der Waals surface area contributed by atoms with E-state index in [0.717, 1.165) is 25.7 Å². The average Bonchev–Trinajstić information content (AvgIpc) is 2.05. The van der Waals surface area contributed by atoms with Gasteiger partial charge in [-0.2, -0.15) is 0 Å². The van der Waals surface area contributed by atoms with Crippen molar-refractivity contribution in [2.45, 2.75) is 39.5 Å². The van der Waals surface area contributed by atoms with Gasteiger partial charge < -0.3 is 13.9 Å². The summed E-state index contributed by atoms with van der Waals surface area (Å²) in [5, 5.41) is 0. The van der Waals surface area contributed by atoms with Crippen LogP contribution < -0.4 is 0 Å². The number of rotatable bonds is 8. The van der Waals surface area contributed by atoms with E-state index in [1.54, 1.807) is 0 Å². The van der Waals surface area contributed by atoms with Gasteiger partial charge in [-0.05, 0) is 24.6 Å². The zero-order chi connectivity index (χ0) is 10.2. The second-order valence-electron chi connectivity index (χ2n) is 2.84. The van der Waals surface area contributed by atoms with Crippen molar-refractivity contribution >= 4 is 18.5 Å². The third-order valence-electron chi connectivity index (χ3n) is 1.50. The van der Waals surface area contributed by atoms with Crippen LogP contribution in [0.2, 0.25) is 0 Å². The first-order valence-electron chi connectivity index (χ1n) is 4.74. The van der Waals surface area contributed by atoms with Gasteiger partial charge in [0, 0.05) is 40.4 Å². The normalized spacial score (nSPS) is 11.1. The molecule has 0 amide bonds. The molecule has 0 aromatic heterocycles. The van der Waals surface area contributed by atoms with Gasteiger partial charge in [0.2, 0.25) is 0 Å². The van der Waals surface area contributed by atoms with E-state index >= 15 is 0 Å². The molecule has 86 valence electrons. The van der Waals surface area contributed by atoms with Gasteiger partial charge in [0.05, 0.1) is 13.2 Å². The summed E-state index contributed by atoms with van der Waals surface area (Å²) >= 11 is 4.79. The van der Waals surface area contributed by atoms with E-state index in [9.17, 15) is 4.89 Å². The number of hydrogen-bond donors (Lipinski definition) is 1. The molecule has 0 aromatic carbocycles. The first-order valence-corrected chi connectivity index (χ1v) is 7.33. The predicted octanol–water partition coefficient (Wildman–Crippen LogP) is 2.84. The second-order valence-corrected chi connectivity index (χ2v) is 5.68. The van der Waals surface area contributed by atoms with E-state index in [0.29, 0.717) is 13.2 Å². The molecule has 6 heteroatoms. The van der Waals surface area contributed by atoms with Gasteiger partial charge in [-0.25, -0.2) is 0 Å². The second kappa shape index (κ2) is 11.4. The summed E-state index contributed by atoms with van der Waals surface area (Å²) in [5.74, 6) is 0. The Labute approximate surface area is 124 Å². The van der Waals surface area contributed by atoms with Crippen LogP contribution in [-0.2, 0) is 20.9 Å². The van der Waals surface area contributed by atoms with Crippen LogP contribution >= 0.6 is 6.72 Å². The molecule has 3 nitrogen and oxygen atoms in total. The largest absolute Gasteiger partial charge is 0.324 e. The van der Waals surface area contributed by atoms with Gasteiger partial charge in [0.1, 0.15) is 0 Å². The molecule has 0 saturated heterocycles. The summed E-state index contributed by atoms with van der Waals surface area (Å²) in [6.45, 7) is 2.19. The third kappa shape index (κ3) is 11.9. The smallest absolute Gasteiger partial charge is 0.324 e. The number of hydrogen-bond acceptors (Lipinski definition) is 3. The third-order valence-corrected chi connectivity index (χ3v) is 3.15. The molecule has 0 rings (SSSR count). The van der Waals surface area contributed by atoms with Crippen molar-refractivity contribution in [1.82, 2.24) is 0 Å². The van der Waals surface area contributed by atoms with Gasteiger partial charge in [0.15, 0.2) is 0 Å². The first kappa shape index (κ1) is 18.2. The van der Waals surface area contributed by atoms with Gasteiger partial charge in [-0.3, -0.25) is 0 Å². The summed E-state index contributed by atoms with van der Waals surface area (Å²) in [5.41, 5.74) is 0. The maximum atomic E-state index is 9.45. The minimum Gasteiger partial charge on any atom is -0.324 e. The molecule has 0 saturated carbocycles. The zero-order valence-electron chi connectivity index (χ0n) is 8.77. The zero-order valence-corrected chi connectivity index (χ0v) is 13.1. The van der Waals surface area contributed by atoms with Gasteiger partial charge in [0.25, 0.3) is 0 Å². The van der Waals surface area contributed by atoms with Crippen LogP contribution in [0.1, 0.15) is 39.5 Å². The van der Waals surface area contributed by atoms with Crippen LogP contribution in [-0.4, -0.2) is 18.1 Å². The van der Waals surface area contributed by atoms with Gasteiger partial charge in [-0.15, -0.1) is 0 Å². The molecule has 0 aliphatic heterocycles. The number of unbranched alkanes of at least 4 members (excludes halogenated alkanes) is 2. The topological polar surface area (TPSA) is 38.7 Å². The average molecular weight is 377 g/mol. The Balaban J connectivity index is 0. The Bertz CT molecular complexity index is 155. The van der Waals surface area contributed by atoms with Crippen molar-refractivity contribution in [1.29, 1.82) is 0 Å². The Morgan fingerprint density at radius 2 is 1.43 bits per heavy atom. The van der Waals surface area contributed by atoms with Gasteiger partial charge in [-0.1, -0.05) is 26.7 Å². The quantitative estimate of drug-likeness (QED) is 0.522. The fourth-order valence-electron chi connectivity index (χ4n) is 0.686. The van der Waals surface area contributed by atoms with Crippen LogP contribution in [0, 0.1) is 40.4 Å². The van der Waals surface area contributed by atoms with Crippen LogP contribution in [0.25, 0.3) is 0 Å². The van der Waals surface area contributed by atoms with E-state index < -0.39 is 6.72 Å². The van der Waals surface area contributed by atoms with Gasteiger partial charge >= 0.3 is 6.72 Å². The molecule has 0 bridgehead atoms. The molecule has 0 aromatic rings. The molecular weight excluding hydrogens is 357 g/mol. The summed E-state index contributed by atoms with van der Waals surface area (Å²) in [6.07, 6.45) is 3.89. The Hall–Kier alpha value is 1.87. The minimum atomic E-state index is -2.92. The molecule has 1 N–H and O–H groups in total. The maximum absolute atomic E-state index is 9.45. The Morgan fingerprint density at radius 3 is 1.71 bits per heavy atom. The standard InChI is InChI=1S/C8H19O3PS.Sm/c1-3-5-7-10-12(9,13)11-8-6-4-2;/h3-8H2,1-2H3,(H,9,13);. The monoisotopic (exact) mass is 378 g/mol. The molecular formula is C8H19O3PSSm. The molecule has 0 unspecified atom stereocenters. The van der Waals surface area contributed by atoms with Crippen LogP contribution in [0.15, 0.2) is 0 Å². The van der Waals surface area contributed by atoms with E-state index in [2.05, 4.69) is 13.8 Å². The fraction of sp³-hybridized carbons (Fsp3) is 1.00. The summed E-state index contributed by atoms with van der Waals surface area (Å²) in [4.78, 5) is 9.45. The first-order chi connectivity index (χ1) is 6.12. The van der Waals surface area contributed by atoms with Crippen molar-refractivity contribution in [3.05, 3.63) is 0 Å².